The fourth-order valence-electron chi connectivity index (χ4n) is 1.66. The minimum absolute atomic E-state index is 1.56. The summed E-state index contributed by atoms with van der Waals surface area (Å²) < 4.78 is 220. The first-order valence-electron chi connectivity index (χ1n) is 6.88. The van der Waals surface area contributed by atoms with Crippen molar-refractivity contribution in [1.82, 2.24) is 0 Å². The van der Waals surface area contributed by atoms with Crippen molar-refractivity contribution < 1.29 is 84.9 Å². The van der Waals surface area contributed by atoms with Gasteiger partial charge in [-0.25, -0.2) is 0 Å². The van der Waals surface area contributed by atoms with Crippen LogP contribution in [0.2, 0.25) is 0 Å². The molecule has 0 aliphatic carbocycles. The number of aliphatic hydroxyl groups is 2. The van der Waals surface area contributed by atoms with Gasteiger partial charge in [0.1, 0.15) is 0 Å². The van der Waals surface area contributed by atoms with Crippen LogP contribution in [0, 0.1) is 0 Å². The zero-order valence-electron chi connectivity index (χ0n) is 13.8. The molecule has 0 aliphatic heterocycles. The summed E-state index contributed by atoms with van der Waals surface area (Å²) in [6.07, 6.45) is -9.37. The molecule has 0 unspecified atom stereocenters. The van der Waals surface area contributed by atoms with Gasteiger partial charge in [-0.1, -0.05) is 0 Å². The molecule has 0 radical (unpaired) electrons. The van der Waals surface area contributed by atoms with Crippen molar-refractivity contribution in [2.24, 2.45) is 0 Å². The monoisotopic (exact) mass is 506 g/mol. The molecule has 0 saturated heterocycles. The third-order valence-corrected chi connectivity index (χ3v) is 3.54. The lowest BCUT2D eigenvalue weighted by Crippen LogP contribution is -2.74. The van der Waals surface area contributed by atoms with E-state index < -0.39 is 72.5 Å². The Morgan fingerprint density at radius 3 is 0.968 bits per heavy atom. The Morgan fingerprint density at radius 2 is 0.710 bits per heavy atom. The van der Waals surface area contributed by atoms with Gasteiger partial charge in [-0.3, -0.25) is 0 Å². The second kappa shape index (κ2) is 7.80. The lowest BCUT2D eigenvalue weighted by molar-refractivity contribution is -0.459. The molecule has 0 saturated carbocycles. The standard InChI is InChI=1S/C12H7F17O2/c13-5(14,1-4(2-30)3-31)6(15,16)7(17,18)8(19,20)9(21,22)10(23,24)11(25,26)12(27,28)29/h1,30-31H,2-3H2. The van der Waals surface area contributed by atoms with E-state index in [4.69, 9.17) is 10.2 Å². The van der Waals surface area contributed by atoms with Crippen LogP contribution >= 0.6 is 0 Å². The number of aliphatic hydroxyl groups excluding tert-OH is 2. The molecule has 0 atom stereocenters. The van der Waals surface area contributed by atoms with Gasteiger partial charge in [-0.05, 0) is 11.6 Å². The summed E-state index contributed by atoms with van der Waals surface area (Å²) in [7, 11) is 0. The van der Waals surface area contributed by atoms with E-state index in [1.807, 2.05) is 0 Å². The molecule has 0 aromatic heterocycles. The number of rotatable bonds is 9. The predicted molar refractivity (Wildman–Crippen MR) is 62.9 cm³/mol. The first kappa shape index (κ1) is 29.5. The fourth-order valence-corrected chi connectivity index (χ4v) is 1.66. The molecular formula is C12H7F17O2. The predicted octanol–water partition coefficient (Wildman–Crippen LogP) is 4.91. The molecule has 0 aromatic rings. The molecule has 2 nitrogen and oxygen atoms in total. The molecule has 0 aliphatic rings. The molecule has 0 aromatic carbocycles. The number of hydrogen-bond donors (Lipinski definition) is 2. The van der Waals surface area contributed by atoms with Crippen molar-refractivity contribution in [3.05, 3.63) is 11.6 Å². The van der Waals surface area contributed by atoms with Gasteiger partial charge < -0.3 is 10.2 Å². The van der Waals surface area contributed by atoms with Crippen molar-refractivity contribution in [1.29, 1.82) is 0 Å². The lowest BCUT2D eigenvalue weighted by atomic mass is 9.88. The maximum absolute atomic E-state index is 13.4. The summed E-state index contributed by atoms with van der Waals surface area (Å²) in [5.74, 6) is -57.2. The molecule has 0 fully saturated rings. The summed E-state index contributed by atoms with van der Waals surface area (Å²) in [5, 5.41) is 16.7. The summed E-state index contributed by atoms with van der Waals surface area (Å²) in [6.45, 7) is -3.67. The molecule has 19 heteroatoms. The third kappa shape index (κ3) is 4.02. The van der Waals surface area contributed by atoms with Crippen LogP contribution < -0.4 is 0 Å². The first-order valence-corrected chi connectivity index (χ1v) is 6.88. The summed E-state index contributed by atoms with van der Waals surface area (Å²) in [6, 6.07) is 0. The van der Waals surface area contributed by atoms with Crippen molar-refractivity contribution >= 4 is 0 Å². The number of allylic oxidation sites excluding steroid dienone is 1. The average molecular weight is 506 g/mol. The largest absolute Gasteiger partial charge is 0.460 e. The average Bonchev–Trinajstić information content (AvgIpc) is 2.57. The van der Waals surface area contributed by atoms with Gasteiger partial charge in [0.2, 0.25) is 0 Å². The van der Waals surface area contributed by atoms with Crippen LogP contribution in [0.4, 0.5) is 74.6 Å². The van der Waals surface area contributed by atoms with Crippen LogP contribution in [0.1, 0.15) is 0 Å². The Balaban J connectivity index is 6.80. The Kier molecular flexibility index (Phi) is 7.42. The molecule has 2 N–H and O–H groups in total. The van der Waals surface area contributed by atoms with Gasteiger partial charge >= 0.3 is 47.6 Å². The zero-order valence-corrected chi connectivity index (χ0v) is 13.8. The van der Waals surface area contributed by atoms with Gasteiger partial charge in [0.25, 0.3) is 0 Å². The van der Waals surface area contributed by atoms with Gasteiger partial charge in [0, 0.05) is 0 Å². The molecular weight excluding hydrogens is 499 g/mol. The second-order valence-electron chi connectivity index (χ2n) is 5.69. The van der Waals surface area contributed by atoms with Crippen LogP contribution in [-0.4, -0.2) is 71.1 Å². The second-order valence-corrected chi connectivity index (χ2v) is 5.69. The van der Waals surface area contributed by atoms with E-state index in [1.165, 1.54) is 0 Å². The maximum Gasteiger partial charge on any atom is 0.460 e. The smallest absolute Gasteiger partial charge is 0.392 e. The van der Waals surface area contributed by atoms with E-state index in [1.54, 1.807) is 0 Å². The highest BCUT2D eigenvalue weighted by atomic mass is 19.4. The lowest BCUT2D eigenvalue weighted by Gasteiger charge is -2.42. The van der Waals surface area contributed by atoms with Crippen LogP contribution in [0.5, 0.6) is 0 Å². The number of halogens is 17. The molecule has 31 heavy (non-hydrogen) atoms. The summed E-state index contributed by atoms with van der Waals surface area (Å²) in [5.41, 5.74) is -1.72. The van der Waals surface area contributed by atoms with Gasteiger partial charge in [-0.2, -0.15) is 74.6 Å². The van der Waals surface area contributed by atoms with E-state index in [0.29, 0.717) is 0 Å². The molecule has 186 valence electrons. The van der Waals surface area contributed by atoms with Crippen LogP contribution in [-0.2, 0) is 0 Å². The van der Waals surface area contributed by atoms with E-state index in [-0.39, 0.29) is 0 Å². The topological polar surface area (TPSA) is 40.5 Å². The molecule has 0 bridgehead atoms. The normalized spacial score (nSPS) is 15.8. The minimum atomic E-state index is -8.69. The van der Waals surface area contributed by atoms with Gasteiger partial charge in [0.15, 0.2) is 0 Å². The number of alkyl halides is 17. The Hall–Kier alpha value is -1.53. The SMILES string of the molecule is OCC(=CC(F)(F)C(F)(F)C(F)(F)C(F)(F)C(F)(F)C(F)(F)C(F)(F)C(F)(F)F)CO. The van der Waals surface area contributed by atoms with Crippen molar-refractivity contribution in [2.45, 2.75) is 47.6 Å². The quantitative estimate of drug-likeness (QED) is 0.345. The van der Waals surface area contributed by atoms with Gasteiger partial charge in [0.05, 0.1) is 13.2 Å². The maximum atomic E-state index is 13.4. The third-order valence-electron chi connectivity index (χ3n) is 3.54. The molecule has 0 heterocycles. The van der Waals surface area contributed by atoms with Crippen LogP contribution in [0.25, 0.3) is 0 Å². The zero-order chi connectivity index (χ0) is 25.7. The molecule has 0 spiro atoms. The van der Waals surface area contributed by atoms with Gasteiger partial charge in [-0.15, -0.1) is 0 Å². The highest BCUT2D eigenvalue weighted by molar-refractivity contribution is 5.20. The van der Waals surface area contributed by atoms with E-state index in [0.717, 1.165) is 0 Å². The van der Waals surface area contributed by atoms with Crippen LogP contribution in [0.15, 0.2) is 11.6 Å². The van der Waals surface area contributed by atoms with E-state index in [9.17, 15) is 74.6 Å². The highest BCUT2D eigenvalue weighted by Gasteiger charge is 2.95. The van der Waals surface area contributed by atoms with Crippen molar-refractivity contribution in [3.8, 4) is 0 Å². The highest BCUT2D eigenvalue weighted by Crippen LogP contribution is 2.64. The first-order chi connectivity index (χ1) is 13.2. The van der Waals surface area contributed by atoms with E-state index >= 15 is 0 Å². The Labute approximate surface area is 158 Å². The minimum Gasteiger partial charge on any atom is -0.392 e. The number of hydrogen-bond acceptors (Lipinski definition) is 2. The molecule has 0 amide bonds. The van der Waals surface area contributed by atoms with Crippen LogP contribution in [0.3, 0.4) is 0 Å². The van der Waals surface area contributed by atoms with E-state index in [2.05, 4.69) is 0 Å². The van der Waals surface area contributed by atoms with Crippen molar-refractivity contribution in [2.75, 3.05) is 13.2 Å². The fraction of sp³-hybridized carbons (Fsp3) is 0.833. The summed E-state index contributed by atoms with van der Waals surface area (Å²) in [4.78, 5) is 0. The Morgan fingerprint density at radius 1 is 0.452 bits per heavy atom. The Bertz CT molecular complexity index is 669. The van der Waals surface area contributed by atoms with Crippen molar-refractivity contribution in [3.63, 3.8) is 0 Å². The molecule has 0 rings (SSSR count). The summed E-state index contributed by atoms with van der Waals surface area (Å²) >= 11 is 0.